The van der Waals surface area contributed by atoms with Gasteiger partial charge in [0, 0.05) is 4.47 Å². The fourth-order valence-electron chi connectivity index (χ4n) is 1.77. The highest BCUT2D eigenvalue weighted by atomic mass is 79.9. The van der Waals surface area contributed by atoms with E-state index < -0.39 is 6.10 Å². The molecule has 0 fully saturated rings. The van der Waals surface area contributed by atoms with Crippen molar-refractivity contribution in [1.29, 1.82) is 0 Å². The van der Waals surface area contributed by atoms with Gasteiger partial charge >= 0.3 is 0 Å². The summed E-state index contributed by atoms with van der Waals surface area (Å²) in [4.78, 5) is 0. The molecule has 1 nitrogen and oxygen atoms in total. The van der Waals surface area contributed by atoms with Crippen molar-refractivity contribution in [2.75, 3.05) is 0 Å². The lowest BCUT2D eigenvalue weighted by Gasteiger charge is -2.15. The summed E-state index contributed by atoms with van der Waals surface area (Å²) < 4.78 is 0.933. The SMILES string of the molecule is Cc1ccc(Br)cc1C(O)c1ccc(Cl)c(Cl)c1. The zero-order chi connectivity index (χ0) is 13.3. The number of rotatable bonds is 2. The number of hydrogen-bond acceptors (Lipinski definition) is 1. The van der Waals surface area contributed by atoms with Crippen LogP contribution in [0, 0.1) is 6.92 Å². The molecule has 18 heavy (non-hydrogen) atoms. The Labute approximate surface area is 124 Å². The molecule has 94 valence electrons. The molecular formula is C14H11BrCl2O. The van der Waals surface area contributed by atoms with Gasteiger partial charge in [-0.2, -0.15) is 0 Å². The molecule has 2 aromatic carbocycles. The summed E-state index contributed by atoms with van der Waals surface area (Å²) in [7, 11) is 0. The fraction of sp³-hybridized carbons (Fsp3) is 0.143. The van der Waals surface area contributed by atoms with E-state index in [1.54, 1.807) is 18.2 Å². The maximum Gasteiger partial charge on any atom is 0.104 e. The number of halogens is 3. The third-order valence-corrected chi connectivity index (χ3v) is 4.03. The Morgan fingerprint density at radius 2 is 1.78 bits per heavy atom. The molecule has 0 aromatic heterocycles. The Morgan fingerprint density at radius 1 is 1.06 bits per heavy atom. The number of aliphatic hydroxyl groups is 1. The van der Waals surface area contributed by atoms with Crippen molar-refractivity contribution < 1.29 is 5.11 Å². The molecule has 0 bridgehead atoms. The van der Waals surface area contributed by atoms with Crippen LogP contribution in [0.2, 0.25) is 10.0 Å². The molecule has 0 aliphatic heterocycles. The molecule has 1 atom stereocenters. The molecule has 2 aromatic rings. The molecule has 0 heterocycles. The first-order valence-corrected chi connectivity index (χ1v) is 6.93. The van der Waals surface area contributed by atoms with E-state index in [-0.39, 0.29) is 0 Å². The minimum Gasteiger partial charge on any atom is -0.384 e. The molecule has 0 aliphatic rings. The first kappa shape index (κ1) is 13.9. The highest BCUT2D eigenvalue weighted by Gasteiger charge is 2.14. The summed E-state index contributed by atoms with van der Waals surface area (Å²) in [6, 6.07) is 11.0. The van der Waals surface area contributed by atoms with Crippen LogP contribution in [0.4, 0.5) is 0 Å². The molecule has 0 amide bonds. The molecule has 1 unspecified atom stereocenters. The molecule has 0 saturated heterocycles. The third-order valence-electron chi connectivity index (χ3n) is 2.80. The largest absolute Gasteiger partial charge is 0.384 e. The van der Waals surface area contributed by atoms with Crippen LogP contribution in [0.15, 0.2) is 40.9 Å². The van der Waals surface area contributed by atoms with Gasteiger partial charge in [0.1, 0.15) is 6.10 Å². The average Bonchev–Trinajstić information content (AvgIpc) is 2.35. The zero-order valence-electron chi connectivity index (χ0n) is 9.62. The Balaban J connectivity index is 2.44. The van der Waals surface area contributed by atoms with Crippen molar-refractivity contribution in [2.45, 2.75) is 13.0 Å². The van der Waals surface area contributed by atoms with Crippen LogP contribution in [0.25, 0.3) is 0 Å². The molecule has 0 spiro atoms. The van der Waals surface area contributed by atoms with Crippen molar-refractivity contribution in [1.82, 2.24) is 0 Å². The normalized spacial score (nSPS) is 12.5. The Bertz CT molecular complexity index is 584. The van der Waals surface area contributed by atoms with Crippen molar-refractivity contribution in [3.05, 3.63) is 67.6 Å². The fourth-order valence-corrected chi connectivity index (χ4v) is 2.45. The van der Waals surface area contributed by atoms with Gasteiger partial charge in [-0.15, -0.1) is 0 Å². The van der Waals surface area contributed by atoms with E-state index in [2.05, 4.69) is 15.9 Å². The zero-order valence-corrected chi connectivity index (χ0v) is 12.7. The van der Waals surface area contributed by atoms with Gasteiger partial charge in [0.2, 0.25) is 0 Å². The lowest BCUT2D eigenvalue weighted by molar-refractivity contribution is 0.219. The number of aliphatic hydroxyl groups excluding tert-OH is 1. The first-order valence-electron chi connectivity index (χ1n) is 5.38. The molecule has 0 aliphatic carbocycles. The van der Waals surface area contributed by atoms with Crippen LogP contribution in [0.3, 0.4) is 0 Å². The number of benzene rings is 2. The van der Waals surface area contributed by atoms with E-state index >= 15 is 0 Å². The van der Waals surface area contributed by atoms with Crippen molar-refractivity contribution in [2.24, 2.45) is 0 Å². The van der Waals surface area contributed by atoms with E-state index in [0.29, 0.717) is 10.0 Å². The van der Waals surface area contributed by atoms with Crippen molar-refractivity contribution in [3.63, 3.8) is 0 Å². The second-order valence-corrected chi connectivity index (χ2v) is 5.81. The molecule has 0 saturated carbocycles. The maximum absolute atomic E-state index is 10.4. The molecule has 1 N–H and O–H groups in total. The lowest BCUT2D eigenvalue weighted by atomic mass is 9.98. The molecule has 0 radical (unpaired) electrons. The summed E-state index contributed by atoms with van der Waals surface area (Å²) >= 11 is 15.2. The van der Waals surface area contributed by atoms with Gasteiger partial charge in [0.05, 0.1) is 10.0 Å². The summed E-state index contributed by atoms with van der Waals surface area (Å²) in [5.74, 6) is 0. The molecule has 4 heteroatoms. The van der Waals surface area contributed by atoms with E-state index in [1.165, 1.54) is 0 Å². The topological polar surface area (TPSA) is 20.2 Å². The van der Waals surface area contributed by atoms with Gasteiger partial charge in [-0.05, 0) is 47.9 Å². The standard InChI is InChI=1S/C14H11BrCl2O/c1-8-2-4-10(15)7-11(8)14(18)9-3-5-12(16)13(17)6-9/h2-7,14,18H,1H3. The smallest absolute Gasteiger partial charge is 0.104 e. The second-order valence-electron chi connectivity index (χ2n) is 4.08. The van der Waals surface area contributed by atoms with E-state index in [9.17, 15) is 5.11 Å². The monoisotopic (exact) mass is 344 g/mol. The average molecular weight is 346 g/mol. The quantitative estimate of drug-likeness (QED) is 0.798. The van der Waals surface area contributed by atoms with Crippen LogP contribution < -0.4 is 0 Å². The van der Waals surface area contributed by atoms with E-state index in [4.69, 9.17) is 23.2 Å². The van der Waals surface area contributed by atoms with Crippen LogP contribution in [-0.4, -0.2) is 5.11 Å². The van der Waals surface area contributed by atoms with Crippen molar-refractivity contribution in [3.8, 4) is 0 Å². The predicted molar refractivity (Wildman–Crippen MR) is 79.4 cm³/mol. The lowest BCUT2D eigenvalue weighted by Crippen LogP contribution is -2.02. The second kappa shape index (κ2) is 5.62. The molecule has 2 rings (SSSR count). The van der Waals surface area contributed by atoms with Crippen molar-refractivity contribution >= 4 is 39.1 Å². The van der Waals surface area contributed by atoms with E-state index in [1.807, 2.05) is 25.1 Å². The minimum atomic E-state index is -0.711. The van der Waals surface area contributed by atoms with Gasteiger partial charge in [-0.3, -0.25) is 0 Å². The maximum atomic E-state index is 10.4. The van der Waals surface area contributed by atoms with Crippen LogP contribution in [0.1, 0.15) is 22.8 Å². The van der Waals surface area contributed by atoms with Gasteiger partial charge in [-0.1, -0.05) is 51.3 Å². The predicted octanol–water partition coefficient (Wildman–Crippen LogP) is 5.15. The number of aryl methyl sites for hydroxylation is 1. The number of hydrogen-bond donors (Lipinski definition) is 1. The van der Waals surface area contributed by atoms with Gasteiger partial charge < -0.3 is 5.11 Å². The Morgan fingerprint density at radius 3 is 2.44 bits per heavy atom. The summed E-state index contributed by atoms with van der Waals surface area (Å²) in [5, 5.41) is 11.3. The minimum absolute atomic E-state index is 0.445. The van der Waals surface area contributed by atoms with Gasteiger partial charge in [0.15, 0.2) is 0 Å². The van der Waals surface area contributed by atoms with Crippen LogP contribution in [0.5, 0.6) is 0 Å². The Kier molecular flexibility index (Phi) is 4.33. The van der Waals surface area contributed by atoms with Gasteiger partial charge in [-0.25, -0.2) is 0 Å². The van der Waals surface area contributed by atoms with Gasteiger partial charge in [0.25, 0.3) is 0 Å². The highest BCUT2D eigenvalue weighted by molar-refractivity contribution is 9.10. The first-order chi connectivity index (χ1) is 8.49. The third kappa shape index (κ3) is 2.89. The van der Waals surface area contributed by atoms with E-state index in [0.717, 1.165) is 21.2 Å². The van der Waals surface area contributed by atoms with Crippen LogP contribution in [-0.2, 0) is 0 Å². The Hall–Kier alpha value is -0.540. The summed E-state index contributed by atoms with van der Waals surface area (Å²) in [5.41, 5.74) is 2.60. The molecular weight excluding hydrogens is 335 g/mol. The summed E-state index contributed by atoms with van der Waals surface area (Å²) in [6.45, 7) is 1.96. The van der Waals surface area contributed by atoms with Crippen LogP contribution >= 0.6 is 39.1 Å². The summed E-state index contributed by atoms with van der Waals surface area (Å²) in [6.07, 6.45) is -0.711. The highest BCUT2D eigenvalue weighted by Crippen LogP contribution is 2.31.